The minimum absolute atomic E-state index is 0.267. The summed E-state index contributed by atoms with van der Waals surface area (Å²) >= 11 is 0. The van der Waals surface area contributed by atoms with Crippen molar-refractivity contribution in [2.45, 2.75) is 32.8 Å². The predicted octanol–water partition coefficient (Wildman–Crippen LogP) is 4.32. The molecule has 2 aliphatic rings. The first-order chi connectivity index (χ1) is 15.3. The summed E-state index contributed by atoms with van der Waals surface area (Å²) in [5.74, 6) is 0.753. The molecule has 0 unspecified atom stereocenters. The fourth-order valence-electron chi connectivity index (χ4n) is 3.83. The van der Waals surface area contributed by atoms with Crippen molar-refractivity contribution in [3.05, 3.63) is 48.0 Å². The van der Waals surface area contributed by atoms with Crippen molar-refractivity contribution in [1.29, 1.82) is 0 Å². The molecule has 170 valence electrons. The average Bonchev–Trinajstić information content (AvgIpc) is 3.23. The smallest absolute Gasteiger partial charge is 0.410 e. The van der Waals surface area contributed by atoms with E-state index in [0.29, 0.717) is 31.1 Å². The molecule has 2 heterocycles. The molecule has 8 nitrogen and oxygen atoms in total. The molecule has 0 atom stereocenters. The Bertz CT molecular complexity index is 976. The molecule has 32 heavy (non-hydrogen) atoms. The molecule has 1 fully saturated rings. The van der Waals surface area contributed by atoms with E-state index in [0.717, 1.165) is 36.5 Å². The van der Waals surface area contributed by atoms with Crippen LogP contribution in [0.15, 0.2) is 42.5 Å². The van der Waals surface area contributed by atoms with Gasteiger partial charge in [0.2, 0.25) is 0 Å². The van der Waals surface area contributed by atoms with Gasteiger partial charge in [0.05, 0.1) is 12.3 Å². The first-order valence-electron chi connectivity index (χ1n) is 10.9. The third kappa shape index (κ3) is 5.25. The number of rotatable bonds is 3. The van der Waals surface area contributed by atoms with Crippen molar-refractivity contribution in [3.63, 3.8) is 0 Å². The molecule has 0 radical (unpaired) electrons. The van der Waals surface area contributed by atoms with Crippen molar-refractivity contribution in [2.75, 3.05) is 48.3 Å². The van der Waals surface area contributed by atoms with Crippen LogP contribution in [0.5, 0.6) is 5.75 Å². The van der Waals surface area contributed by atoms with Crippen LogP contribution in [0.3, 0.4) is 0 Å². The molecule has 0 saturated carbocycles. The number of carbonyl (C=O) groups is 2. The summed E-state index contributed by atoms with van der Waals surface area (Å²) < 4.78 is 11.1. The molecule has 1 saturated heterocycles. The van der Waals surface area contributed by atoms with Gasteiger partial charge in [0.1, 0.15) is 11.4 Å². The summed E-state index contributed by atoms with van der Waals surface area (Å²) in [4.78, 5) is 28.6. The topological polar surface area (TPSA) is 83.1 Å². The Balaban J connectivity index is 1.29. The normalized spacial score (nSPS) is 15.6. The molecule has 0 spiro atoms. The number of piperazine rings is 1. The molecule has 2 aromatic rings. The number of amides is 3. The van der Waals surface area contributed by atoms with Crippen LogP contribution >= 0.6 is 0 Å². The van der Waals surface area contributed by atoms with Crippen molar-refractivity contribution in [2.24, 2.45) is 0 Å². The van der Waals surface area contributed by atoms with Gasteiger partial charge in [-0.05, 0) is 56.7 Å². The van der Waals surface area contributed by atoms with Crippen LogP contribution in [0.1, 0.15) is 26.3 Å². The lowest BCUT2D eigenvalue weighted by atomic mass is 10.1. The summed E-state index contributed by atoms with van der Waals surface area (Å²) in [6.45, 7) is 8.94. The van der Waals surface area contributed by atoms with Gasteiger partial charge in [-0.15, -0.1) is 0 Å². The minimum Gasteiger partial charge on any atom is -0.491 e. The zero-order chi connectivity index (χ0) is 22.7. The second kappa shape index (κ2) is 8.98. The highest BCUT2D eigenvalue weighted by molar-refractivity contribution is 6.01. The van der Waals surface area contributed by atoms with Crippen LogP contribution < -0.4 is 20.3 Å². The van der Waals surface area contributed by atoms with Crippen LogP contribution in [0.2, 0.25) is 0 Å². The first-order valence-corrected chi connectivity index (χ1v) is 10.9. The van der Waals surface area contributed by atoms with Crippen LogP contribution in [0, 0.1) is 0 Å². The average molecular weight is 439 g/mol. The van der Waals surface area contributed by atoms with E-state index >= 15 is 0 Å². The Morgan fingerprint density at radius 2 is 1.69 bits per heavy atom. The van der Waals surface area contributed by atoms with Crippen LogP contribution in [-0.2, 0) is 11.2 Å². The first kappa shape index (κ1) is 21.8. The molecular formula is C24H30N4O4. The van der Waals surface area contributed by atoms with Gasteiger partial charge < -0.3 is 29.9 Å². The van der Waals surface area contributed by atoms with E-state index < -0.39 is 5.60 Å². The summed E-state index contributed by atoms with van der Waals surface area (Å²) in [5.41, 5.74) is 3.05. The van der Waals surface area contributed by atoms with Gasteiger partial charge in [0, 0.05) is 44.0 Å². The van der Waals surface area contributed by atoms with Gasteiger partial charge in [0.25, 0.3) is 0 Å². The zero-order valence-corrected chi connectivity index (χ0v) is 18.8. The molecule has 8 heteroatoms. The largest absolute Gasteiger partial charge is 0.491 e. The third-order valence-electron chi connectivity index (χ3n) is 5.38. The number of hydrogen-bond donors (Lipinski definition) is 2. The molecule has 3 amide bonds. The number of carbonyl (C=O) groups excluding carboxylic acids is 2. The van der Waals surface area contributed by atoms with Crippen molar-refractivity contribution in [1.82, 2.24) is 4.90 Å². The van der Waals surface area contributed by atoms with Gasteiger partial charge >= 0.3 is 12.1 Å². The lowest BCUT2D eigenvalue weighted by Crippen LogP contribution is -2.50. The monoisotopic (exact) mass is 438 g/mol. The Morgan fingerprint density at radius 3 is 2.38 bits per heavy atom. The van der Waals surface area contributed by atoms with E-state index in [-0.39, 0.29) is 12.1 Å². The lowest BCUT2D eigenvalue weighted by molar-refractivity contribution is 0.0240. The van der Waals surface area contributed by atoms with E-state index in [2.05, 4.69) is 15.5 Å². The predicted molar refractivity (Wildman–Crippen MR) is 125 cm³/mol. The van der Waals surface area contributed by atoms with Crippen LogP contribution in [-0.4, -0.2) is 55.4 Å². The Kier molecular flexibility index (Phi) is 6.12. The number of nitrogens with one attached hydrogen (secondary N) is 2. The van der Waals surface area contributed by atoms with Crippen LogP contribution in [0.4, 0.5) is 26.7 Å². The maximum atomic E-state index is 12.4. The lowest BCUT2D eigenvalue weighted by Gasteiger charge is -2.36. The summed E-state index contributed by atoms with van der Waals surface area (Å²) in [7, 11) is 0. The number of urea groups is 1. The molecule has 2 N–H and O–H groups in total. The number of benzene rings is 2. The fourth-order valence-corrected chi connectivity index (χ4v) is 3.83. The number of fused-ring (bicyclic) bond motifs is 1. The standard InChI is InChI=1S/C24H30N4O4/c1-24(2,3)32-23(30)28-14-12-27(13-15-28)19-9-7-18(8-10-19)25-22(29)26-20-6-4-5-17-11-16-31-21(17)20/h4-10H,11-16H2,1-3H3,(H2,25,26,29). The summed E-state index contributed by atoms with van der Waals surface area (Å²) in [5, 5.41) is 5.73. The molecule has 2 aromatic carbocycles. The van der Waals surface area contributed by atoms with E-state index in [1.807, 2.05) is 63.2 Å². The number of ether oxygens (including phenoxy) is 2. The maximum absolute atomic E-state index is 12.4. The van der Waals surface area contributed by atoms with E-state index in [1.165, 1.54) is 0 Å². The quantitative estimate of drug-likeness (QED) is 0.746. The SMILES string of the molecule is CC(C)(C)OC(=O)N1CCN(c2ccc(NC(=O)Nc3cccc4c3OCC4)cc2)CC1. The second-order valence-corrected chi connectivity index (χ2v) is 8.97. The van der Waals surface area contributed by atoms with E-state index in [9.17, 15) is 9.59 Å². The van der Waals surface area contributed by atoms with Crippen molar-refractivity contribution < 1.29 is 19.1 Å². The molecule has 0 aliphatic carbocycles. The maximum Gasteiger partial charge on any atom is 0.410 e. The van der Waals surface area contributed by atoms with E-state index in [1.54, 1.807) is 4.90 Å². The summed E-state index contributed by atoms with van der Waals surface area (Å²) in [6.07, 6.45) is 0.595. The van der Waals surface area contributed by atoms with Gasteiger partial charge in [-0.25, -0.2) is 9.59 Å². The molecule has 0 bridgehead atoms. The van der Waals surface area contributed by atoms with Gasteiger partial charge in [0.15, 0.2) is 0 Å². The highest BCUT2D eigenvalue weighted by Gasteiger charge is 2.26. The van der Waals surface area contributed by atoms with Gasteiger partial charge in [-0.2, -0.15) is 0 Å². The van der Waals surface area contributed by atoms with Gasteiger partial charge in [-0.1, -0.05) is 12.1 Å². The minimum atomic E-state index is -0.489. The zero-order valence-electron chi connectivity index (χ0n) is 18.8. The summed E-state index contributed by atoms with van der Waals surface area (Å²) in [6, 6.07) is 13.2. The number of hydrogen-bond acceptors (Lipinski definition) is 5. The highest BCUT2D eigenvalue weighted by atomic mass is 16.6. The Labute approximate surface area is 188 Å². The third-order valence-corrected chi connectivity index (χ3v) is 5.38. The van der Waals surface area contributed by atoms with Crippen LogP contribution in [0.25, 0.3) is 0 Å². The Hall–Kier alpha value is -3.42. The van der Waals surface area contributed by atoms with E-state index in [4.69, 9.17) is 9.47 Å². The van der Waals surface area contributed by atoms with Crippen molar-refractivity contribution in [3.8, 4) is 5.75 Å². The number of anilines is 3. The molecule has 2 aliphatic heterocycles. The fraction of sp³-hybridized carbons (Fsp3) is 0.417. The molecule has 4 rings (SSSR count). The molecular weight excluding hydrogens is 408 g/mol. The number of para-hydroxylation sites is 1. The second-order valence-electron chi connectivity index (χ2n) is 8.97. The molecule has 0 aromatic heterocycles. The Morgan fingerprint density at radius 1 is 0.969 bits per heavy atom. The van der Waals surface area contributed by atoms with Gasteiger partial charge in [-0.3, -0.25) is 0 Å². The van der Waals surface area contributed by atoms with Crippen molar-refractivity contribution >= 4 is 29.2 Å². The number of nitrogens with zero attached hydrogens (tertiary/aromatic N) is 2. The highest BCUT2D eigenvalue weighted by Crippen LogP contribution is 2.33.